The highest BCUT2D eigenvalue weighted by Gasteiger charge is 1.80. The van der Waals surface area contributed by atoms with Crippen molar-refractivity contribution in [3.05, 3.63) is 0 Å². The van der Waals surface area contributed by atoms with Gasteiger partial charge in [0.1, 0.15) is 0 Å². The van der Waals surface area contributed by atoms with E-state index in [0.29, 0.717) is 0 Å². The highest BCUT2D eigenvalue weighted by Crippen LogP contribution is 1.95. The summed E-state index contributed by atoms with van der Waals surface area (Å²) in [5.41, 5.74) is 0. The number of hydrogen-bond donors (Lipinski definition) is 0. The summed E-state index contributed by atoms with van der Waals surface area (Å²) in [7, 11) is 0. The second kappa shape index (κ2) is 23.1. The summed E-state index contributed by atoms with van der Waals surface area (Å²) in [6, 6.07) is 0. The standard InChI is InChI=1S/C6H14.C5H12.C3H8/c1-3-5-6-4-2;1-4-5(2)3;1-3-2/h3-6H2,1-2H3;5H,4H2,1-3H3;3H2,1-2H3. The van der Waals surface area contributed by atoms with E-state index >= 15 is 0 Å². The minimum atomic E-state index is 0.884. The molecule has 0 aromatic heterocycles. The minimum absolute atomic E-state index is 0.884. The van der Waals surface area contributed by atoms with Crippen LogP contribution in [0, 0.1) is 5.92 Å². The zero-order chi connectivity index (χ0) is 11.8. The van der Waals surface area contributed by atoms with E-state index in [9.17, 15) is 0 Å². The predicted octanol–water partition coefficient (Wildman–Crippen LogP) is 6.06. The van der Waals surface area contributed by atoms with Gasteiger partial charge in [0.25, 0.3) is 0 Å². The van der Waals surface area contributed by atoms with E-state index in [2.05, 4.69) is 48.5 Å². The number of hydrogen-bond acceptors (Lipinski definition) is 0. The third-order valence-corrected chi connectivity index (χ3v) is 1.77. The smallest absolute Gasteiger partial charge is 0.0474 e. The molecule has 0 aliphatic heterocycles. The van der Waals surface area contributed by atoms with Gasteiger partial charge in [0.15, 0.2) is 0 Å². The van der Waals surface area contributed by atoms with Crippen molar-refractivity contribution < 1.29 is 0 Å². The average molecular weight is 202 g/mol. The molecule has 0 fully saturated rings. The Morgan fingerprint density at radius 3 is 1.00 bits per heavy atom. The molecule has 0 aromatic rings. The monoisotopic (exact) mass is 202 g/mol. The van der Waals surface area contributed by atoms with E-state index in [0.717, 1.165) is 5.92 Å². The summed E-state index contributed by atoms with van der Waals surface area (Å²) in [6.07, 6.45) is 8.09. The lowest BCUT2D eigenvalue weighted by molar-refractivity contribution is 0.626. The lowest BCUT2D eigenvalue weighted by Gasteiger charge is -1.90. The molecule has 0 unspecified atom stereocenters. The molecule has 90 valence electrons. The van der Waals surface area contributed by atoms with Crippen molar-refractivity contribution >= 4 is 0 Å². The lowest BCUT2D eigenvalue weighted by atomic mass is 10.2. The maximum absolute atomic E-state index is 2.23. The van der Waals surface area contributed by atoms with Crippen molar-refractivity contribution in [2.24, 2.45) is 5.92 Å². The Balaban J connectivity index is -0.000000138. The third-order valence-electron chi connectivity index (χ3n) is 1.77. The highest BCUT2D eigenvalue weighted by molar-refractivity contribution is 4.32. The molecular formula is C14H34. The predicted molar refractivity (Wildman–Crippen MR) is 70.9 cm³/mol. The van der Waals surface area contributed by atoms with Gasteiger partial charge in [-0.1, -0.05) is 87.0 Å². The van der Waals surface area contributed by atoms with Crippen molar-refractivity contribution in [1.82, 2.24) is 0 Å². The Morgan fingerprint density at radius 1 is 0.714 bits per heavy atom. The number of rotatable bonds is 4. The zero-order valence-corrected chi connectivity index (χ0v) is 11.8. The van der Waals surface area contributed by atoms with Crippen LogP contribution in [0.3, 0.4) is 0 Å². The molecule has 0 aliphatic carbocycles. The van der Waals surface area contributed by atoms with Gasteiger partial charge in [0.2, 0.25) is 0 Å². The van der Waals surface area contributed by atoms with E-state index in [4.69, 9.17) is 0 Å². The summed E-state index contributed by atoms with van der Waals surface area (Å²) >= 11 is 0. The van der Waals surface area contributed by atoms with E-state index in [1.165, 1.54) is 38.5 Å². The van der Waals surface area contributed by atoms with Gasteiger partial charge >= 0.3 is 0 Å². The van der Waals surface area contributed by atoms with Crippen LogP contribution in [-0.2, 0) is 0 Å². The van der Waals surface area contributed by atoms with E-state index in [-0.39, 0.29) is 0 Å². The van der Waals surface area contributed by atoms with Gasteiger partial charge in [-0.15, -0.1) is 0 Å². The molecule has 0 saturated heterocycles. The Morgan fingerprint density at radius 2 is 0.929 bits per heavy atom. The maximum atomic E-state index is 2.23. The summed E-state index contributed by atoms with van der Waals surface area (Å²) in [5.74, 6) is 0.884. The van der Waals surface area contributed by atoms with E-state index in [1.54, 1.807) is 0 Å². The van der Waals surface area contributed by atoms with Crippen LogP contribution >= 0.6 is 0 Å². The maximum Gasteiger partial charge on any atom is -0.0474 e. The minimum Gasteiger partial charge on any atom is -0.0656 e. The quantitative estimate of drug-likeness (QED) is 0.486. The molecule has 0 aliphatic rings. The van der Waals surface area contributed by atoms with Crippen LogP contribution in [0.25, 0.3) is 0 Å². The normalized spacial score (nSPS) is 8.57. The lowest BCUT2D eigenvalue weighted by Crippen LogP contribution is -1.77. The Labute approximate surface area is 93.5 Å². The SMILES string of the molecule is CCC.CCC(C)C.CCCCCC. The largest absolute Gasteiger partial charge is 0.0656 e. The molecular weight excluding hydrogens is 168 g/mol. The molecule has 0 amide bonds. The summed E-state index contributed by atoms with van der Waals surface area (Å²) in [6.45, 7) is 15.4. The molecule has 0 heteroatoms. The fraction of sp³-hybridized carbons (Fsp3) is 1.00. The van der Waals surface area contributed by atoms with Gasteiger partial charge < -0.3 is 0 Å². The van der Waals surface area contributed by atoms with Gasteiger partial charge in [0, 0.05) is 0 Å². The Hall–Kier alpha value is 0. The first-order valence-corrected chi connectivity index (χ1v) is 6.60. The van der Waals surface area contributed by atoms with Gasteiger partial charge in [-0.2, -0.15) is 0 Å². The van der Waals surface area contributed by atoms with E-state index in [1.807, 2.05) is 0 Å². The van der Waals surface area contributed by atoms with Crippen molar-refractivity contribution in [2.45, 2.75) is 87.0 Å². The summed E-state index contributed by atoms with van der Waals surface area (Å²) in [4.78, 5) is 0. The second-order valence-corrected chi connectivity index (χ2v) is 4.22. The Kier molecular flexibility index (Phi) is 32.3. The van der Waals surface area contributed by atoms with Crippen LogP contribution in [0.4, 0.5) is 0 Å². The van der Waals surface area contributed by atoms with Crippen LogP contribution in [0.2, 0.25) is 0 Å². The molecule has 0 bridgehead atoms. The van der Waals surface area contributed by atoms with Crippen LogP contribution in [0.5, 0.6) is 0 Å². The first-order valence-electron chi connectivity index (χ1n) is 6.60. The molecule has 0 rings (SSSR count). The average Bonchev–Trinajstić information content (AvgIpc) is 2.17. The van der Waals surface area contributed by atoms with Gasteiger partial charge in [-0.3, -0.25) is 0 Å². The second-order valence-electron chi connectivity index (χ2n) is 4.22. The first-order chi connectivity index (χ1) is 6.60. The fourth-order valence-electron chi connectivity index (χ4n) is 0.500. The molecule has 0 nitrogen and oxygen atoms in total. The molecule has 0 spiro atoms. The number of unbranched alkanes of at least 4 members (excludes halogenated alkanes) is 3. The fourth-order valence-corrected chi connectivity index (χ4v) is 0.500. The summed E-state index contributed by atoms with van der Waals surface area (Å²) in [5, 5.41) is 0. The van der Waals surface area contributed by atoms with Gasteiger partial charge in [-0.05, 0) is 5.92 Å². The highest BCUT2D eigenvalue weighted by atomic mass is 13.9. The molecule has 0 atom stereocenters. The molecule has 0 radical (unpaired) electrons. The van der Waals surface area contributed by atoms with Crippen molar-refractivity contribution in [3.63, 3.8) is 0 Å². The van der Waals surface area contributed by atoms with Gasteiger partial charge in [-0.25, -0.2) is 0 Å². The topological polar surface area (TPSA) is 0 Å². The van der Waals surface area contributed by atoms with Crippen LogP contribution in [-0.4, -0.2) is 0 Å². The zero-order valence-electron chi connectivity index (χ0n) is 11.8. The molecule has 0 aromatic carbocycles. The van der Waals surface area contributed by atoms with Crippen molar-refractivity contribution in [3.8, 4) is 0 Å². The summed E-state index contributed by atoms with van der Waals surface area (Å²) < 4.78 is 0. The third kappa shape index (κ3) is 58.1. The van der Waals surface area contributed by atoms with E-state index < -0.39 is 0 Å². The molecule has 0 heterocycles. The van der Waals surface area contributed by atoms with Gasteiger partial charge in [0.05, 0.1) is 0 Å². The van der Waals surface area contributed by atoms with Crippen LogP contribution in [0.1, 0.15) is 87.0 Å². The van der Waals surface area contributed by atoms with Crippen LogP contribution < -0.4 is 0 Å². The molecule has 0 saturated carbocycles. The van der Waals surface area contributed by atoms with Crippen molar-refractivity contribution in [2.75, 3.05) is 0 Å². The Bertz CT molecular complexity index is 51.1. The van der Waals surface area contributed by atoms with Crippen molar-refractivity contribution in [1.29, 1.82) is 0 Å². The first kappa shape index (κ1) is 19.6. The molecule has 14 heavy (non-hydrogen) atoms. The molecule has 0 N–H and O–H groups in total. The van der Waals surface area contributed by atoms with Crippen LogP contribution in [0.15, 0.2) is 0 Å².